The largest absolute Gasteiger partial charge is 0.497 e. The Morgan fingerprint density at radius 3 is 2.35 bits per heavy atom. The number of carbonyl (C=O) groups is 1. The molecule has 7 nitrogen and oxygen atoms in total. The zero-order chi connectivity index (χ0) is 24.5. The fourth-order valence-corrected chi connectivity index (χ4v) is 3.38. The highest BCUT2D eigenvalue weighted by Crippen LogP contribution is 2.37. The van der Waals surface area contributed by atoms with Gasteiger partial charge in [-0.3, -0.25) is 9.69 Å². The smallest absolute Gasteiger partial charge is 0.317 e. The van der Waals surface area contributed by atoms with E-state index >= 15 is 0 Å². The number of carboxylic acids is 1. The van der Waals surface area contributed by atoms with Gasteiger partial charge in [0.05, 0.1) is 20.8 Å². The molecule has 0 saturated carbocycles. The summed E-state index contributed by atoms with van der Waals surface area (Å²) in [6.07, 6.45) is 0.0754. The first-order valence-corrected chi connectivity index (χ1v) is 10.7. The molecule has 0 saturated heterocycles. The van der Waals surface area contributed by atoms with Crippen LogP contribution >= 0.6 is 0 Å². The van der Waals surface area contributed by atoms with Crippen molar-refractivity contribution in [3.63, 3.8) is 0 Å². The number of rotatable bonds is 12. The second kappa shape index (κ2) is 11.9. The number of ether oxygens (including phenoxy) is 4. The number of likely N-dealkylation sites (N-methyl/N-ethyl adjacent to an activating group) is 1. The molecule has 3 aromatic rings. The van der Waals surface area contributed by atoms with Crippen LogP contribution in [0.25, 0.3) is 0 Å². The maximum Gasteiger partial charge on any atom is 0.317 e. The van der Waals surface area contributed by atoms with Crippen LogP contribution in [-0.2, 0) is 4.79 Å². The lowest BCUT2D eigenvalue weighted by Crippen LogP contribution is -2.28. The standard InChI is InChI=1S/C26H28FNO6/c1-28(17-26(29)30)14-13-23(18-7-9-19(27)10-8-18)33-22-11-12-24(25(16-22)32-3)34-21-6-4-5-20(15-21)31-2/h4-12,15-16,23H,13-14,17H2,1-3H3,(H,29,30). The van der Waals surface area contributed by atoms with Crippen molar-refractivity contribution in [3.8, 4) is 28.7 Å². The van der Waals surface area contributed by atoms with Crippen LogP contribution in [-0.4, -0.2) is 50.3 Å². The van der Waals surface area contributed by atoms with Gasteiger partial charge in [-0.15, -0.1) is 0 Å². The highest BCUT2D eigenvalue weighted by atomic mass is 19.1. The van der Waals surface area contributed by atoms with E-state index in [0.717, 1.165) is 5.56 Å². The zero-order valence-corrected chi connectivity index (χ0v) is 19.4. The molecule has 180 valence electrons. The molecule has 8 heteroatoms. The summed E-state index contributed by atoms with van der Waals surface area (Å²) in [5.41, 5.74) is 0.779. The number of nitrogens with zero attached hydrogens (tertiary/aromatic N) is 1. The highest BCUT2D eigenvalue weighted by Gasteiger charge is 2.17. The number of benzene rings is 3. The first-order chi connectivity index (χ1) is 16.4. The predicted molar refractivity (Wildman–Crippen MR) is 126 cm³/mol. The fourth-order valence-electron chi connectivity index (χ4n) is 3.38. The van der Waals surface area contributed by atoms with Crippen molar-refractivity contribution < 1.29 is 33.2 Å². The molecule has 0 fully saturated rings. The summed E-state index contributed by atoms with van der Waals surface area (Å²) in [5, 5.41) is 9.00. The van der Waals surface area contributed by atoms with Crippen molar-refractivity contribution in [2.75, 3.05) is 34.4 Å². The van der Waals surface area contributed by atoms with Crippen LogP contribution in [0.5, 0.6) is 28.7 Å². The molecule has 0 aliphatic rings. The molecule has 0 spiro atoms. The van der Waals surface area contributed by atoms with E-state index in [1.165, 1.54) is 19.2 Å². The van der Waals surface area contributed by atoms with Crippen LogP contribution in [0.15, 0.2) is 66.7 Å². The van der Waals surface area contributed by atoms with Gasteiger partial charge in [0.2, 0.25) is 0 Å². The average Bonchev–Trinajstić information content (AvgIpc) is 2.82. The van der Waals surface area contributed by atoms with Crippen LogP contribution in [0.1, 0.15) is 18.1 Å². The van der Waals surface area contributed by atoms with Gasteiger partial charge in [-0.05, 0) is 49.0 Å². The Kier molecular flexibility index (Phi) is 8.70. The van der Waals surface area contributed by atoms with Crippen LogP contribution in [0.4, 0.5) is 4.39 Å². The van der Waals surface area contributed by atoms with Crippen LogP contribution in [0, 0.1) is 5.82 Å². The minimum Gasteiger partial charge on any atom is -0.497 e. The van der Waals surface area contributed by atoms with E-state index in [1.54, 1.807) is 55.5 Å². The van der Waals surface area contributed by atoms with Crippen LogP contribution in [0.2, 0.25) is 0 Å². The zero-order valence-electron chi connectivity index (χ0n) is 19.4. The highest BCUT2D eigenvalue weighted by molar-refractivity contribution is 5.69. The van der Waals surface area contributed by atoms with E-state index in [2.05, 4.69) is 0 Å². The molecular weight excluding hydrogens is 441 g/mol. The van der Waals surface area contributed by atoms with Crippen molar-refractivity contribution >= 4 is 5.97 Å². The Morgan fingerprint density at radius 2 is 1.68 bits per heavy atom. The number of aliphatic carboxylic acids is 1. The lowest BCUT2D eigenvalue weighted by atomic mass is 10.1. The topological polar surface area (TPSA) is 77.5 Å². The second-order valence-electron chi connectivity index (χ2n) is 7.67. The van der Waals surface area contributed by atoms with E-state index < -0.39 is 12.1 Å². The number of hydrogen-bond donors (Lipinski definition) is 1. The van der Waals surface area contributed by atoms with Gasteiger partial charge in [-0.1, -0.05) is 18.2 Å². The molecule has 3 aromatic carbocycles. The van der Waals surface area contributed by atoms with Crippen molar-refractivity contribution in [2.24, 2.45) is 0 Å². The van der Waals surface area contributed by atoms with Gasteiger partial charge in [0, 0.05) is 25.1 Å². The van der Waals surface area contributed by atoms with Gasteiger partial charge < -0.3 is 24.1 Å². The number of methoxy groups -OCH3 is 2. The summed E-state index contributed by atoms with van der Waals surface area (Å²) in [6.45, 7) is 0.392. The number of halogens is 1. The summed E-state index contributed by atoms with van der Waals surface area (Å²) in [5.74, 6) is 1.53. The Balaban J connectivity index is 1.79. The van der Waals surface area contributed by atoms with Gasteiger partial charge in [0.15, 0.2) is 11.5 Å². The SMILES string of the molecule is COc1cccc(Oc2ccc(OC(CCN(C)CC(=O)O)c3ccc(F)cc3)cc2OC)c1. The monoisotopic (exact) mass is 469 g/mol. The lowest BCUT2D eigenvalue weighted by molar-refractivity contribution is -0.138. The fraction of sp³-hybridized carbons (Fsp3) is 0.269. The van der Waals surface area contributed by atoms with Gasteiger partial charge in [0.25, 0.3) is 0 Å². The van der Waals surface area contributed by atoms with E-state index in [9.17, 15) is 9.18 Å². The molecular formula is C26H28FNO6. The van der Waals surface area contributed by atoms with Crippen molar-refractivity contribution in [1.82, 2.24) is 4.90 Å². The Hall–Kier alpha value is -3.78. The average molecular weight is 470 g/mol. The Morgan fingerprint density at radius 1 is 0.941 bits per heavy atom. The van der Waals surface area contributed by atoms with Crippen LogP contribution < -0.4 is 18.9 Å². The molecule has 0 aliphatic carbocycles. The summed E-state index contributed by atoms with van der Waals surface area (Å²) in [7, 11) is 4.85. The third-order valence-corrected chi connectivity index (χ3v) is 5.10. The minimum atomic E-state index is -0.905. The van der Waals surface area contributed by atoms with Gasteiger partial charge in [-0.25, -0.2) is 4.39 Å². The molecule has 1 unspecified atom stereocenters. The summed E-state index contributed by atoms with van der Waals surface area (Å²) in [6, 6.07) is 18.5. The molecule has 0 amide bonds. The second-order valence-corrected chi connectivity index (χ2v) is 7.67. The Labute approximate surface area is 198 Å². The maximum absolute atomic E-state index is 13.5. The van der Waals surface area contributed by atoms with Crippen molar-refractivity contribution in [2.45, 2.75) is 12.5 Å². The third kappa shape index (κ3) is 7.11. The molecule has 0 heterocycles. The molecule has 1 N–H and O–H groups in total. The number of carboxylic acid groups (broad SMARTS) is 1. The van der Waals surface area contributed by atoms with E-state index in [1.807, 2.05) is 18.2 Å². The molecule has 34 heavy (non-hydrogen) atoms. The van der Waals surface area contributed by atoms with E-state index in [0.29, 0.717) is 41.7 Å². The summed E-state index contributed by atoms with van der Waals surface area (Å²) >= 11 is 0. The van der Waals surface area contributed by atoms with E-state index in [4.69, 9.17) is 24.1 Å². The van der Waals surface area contributed by atoms with Gasteiger partial charge in [0.1, 0.15) is 29.2 Å². The molecule has 3 rings (SSSR count). The van der Waals surface area contributed by atoms with Crippen molar-refractivity contribution in [3.05, 3.63) is 78.1 Å². The van der Waals surface area contributed by atoms with Gasteiger partial charge in [-0.2, -0.15) is 0 Å². The molecule has 0 aromatic heterocycles. The van der Waals surface area contributed by atoms with Crippen LogP contribution in [0.3, 0.4) is 0 Å². The minimum absolute atomic E-state index is 0.0831. The van der Waals surface area contributed by atoms with Gasteiger partial charge >= 0.3 is 5.97 Å². The van der Waals surface area contributed by atoms with E-state index in [-0.39, 0.29) is 12.4 Å². The number of hydrogen-bond acceptors (Lipinski definition) is 6. The quantitative estimate of drug-likeness (QED) is 0.393. The Bertz CT molecular complexity index is 1090. The lowest BCUT2D eigenvalue weighted by Gasteiger charge is -2.23. The molecule has 0 aliphatic heterocycles. The maximum atomic E-state index is 13.5. The molecule has 0 radical (unpaired) electrons. The first-order valence-electron chi connectivity index (χ1n) is 10.7. The predicted octanol–water partition coefficient (Wildman–Crippen LogP) is 5.16. The third-order valence-electron chi connectivity index (χ3n) is 5.10. The normalized spacial score (nSPS) is 11.7. The first kappa shape index (κ1) is 24.9. The van der Waals surface area contributed by atoms with Crippen molar-refractivity contribution in [1.29, 1.82) is 0 Å². The summed E-state index contributed by atoms with van der Waals surface area (Å²) < 4.78 is 36.4. The molecule has 0 bridgehead atoms. The molecule has 1 atom stereocenters. The summed E-state index contributed by atoms with van der Waals surface area (Å²) in [4.78, 5) is 12.7.